The van der Waals surface area contributed by atoms with E-state index in [-0.39, 0.29) is 17.7 Å². The van der Waals surface area contributed by atoms with Gasteiger partial charge in [-0.2, -0.15) is 8.78 Å². The van der Waals surface area contributed by atoms with Crippen LogP contribution in [0.25, 0.3) is 11.1 Å². The Morgan fingerprint density at radius 3 is 2.44 bits per heavy atom. The molecule has 1 heterocycles. The lowest BCUT2D eigenvalue weighted by atomic mass is 9.77. The summed E-state index contributed by atoms with van der Waals surface area (Å²) in [5.41, 5.74) is 4.21. The van der Waals surface area contributed by atoms with E-state index >= 15 is 8.78 Å². The van der Waals surface area contributed by atoms with Gasteiger partial charge in [0.2, 0.25) is 0 Å². The zero-order chi connectivity index (χ0) is 29.5. The molecule has 0 bridgehead atoms. The van der Waals surface area contributed by atoms with Crippen LogP contribution in [-0.2, 0) is 5.60 Å². The Bertz CT molecular complexity index is 1450. The highest BCUT2D eigenvalue weighted by Crippen LogP contribution is 2.55. The van der Waals surface area contributed by atoms with Crippen molar-refractivity contribution in [3.8, 4) is 22.6 Å². The molecule has 11 heteroatoms. The fourth-order valence-corrected chi connectivity index (χ4v) is 6.25. The van der Waals surface area contributed by atoms with Crippen molar-refractivity contribution in [2.45, 2.75) is 62.9 Å². The summed E-state index contributed by atoms with van der Waals surface area (Å²) in [6.45, 7) is -1.30. The van der Waals surface area contributed by atoms with Gasteiger partial charge in [0.15, 0.2) is 23.0 Å². The summed E-state index contributed by atoms with van der Waals surface area (Å²) in [6.07, 6.45) is 2.59. The molecule has 0 saturated heterocycles. The average molecular weight is 593 g/mol. The summed E-state index contributed by atoms with van der Waals surface area (Å²) in [6, 6.07) is 14.2. The molecule has 1 aliphatic carbocycles. The molecule has 218 valence electrons. The van der Waals surface area contributed by atoms with Crippen LogP contribution in [-0.4, -0.2) is 36.3 Å². The molecular formula is C30H29ClF4N2O4. The summed E-state index contributed by atoms with van der Waals surface area (Å²) in [7, 11) is 0. The van der Waals surface area contributed by atoms with E-state index in [0.717, 1.165) is 18.4 Å². The monoisotopic (exact) mass is 592 g/mol. The molecular weight excluding hydrogens is 564 g/mol. The fraction of sp³-hybridized carbons (Fsp3) is 0.367. The molecule has 1 fully saturated rings. The number of halogens is 5. The molecule has 3 aromatic rings. The number of aliphatic hydroxyl groups excluding tert-OH is 1. The number of rotatable bonds is 8. The summed E-state index contributed by atoms with van der Waals surface area (Å²) in [5.74, 6) is -5.62. The predicted octanol–water partition coefficient (Wildman–Crippen LogP) is 6.27. The maximum atomic E-state index is 15.9. The second kappa shape index (κ2) is 11.5. The largest absolute Gasteiger partial charge is 0.480 e. The zero-order valence-corrected chi connectivity index (χ0v) is 22.9. The number of carbonyl (C=O) groups excluding carboxylic acids is 1. The van der Waals surface area contributed by atoms with Crippen LogP contribution in [0.5, 0.6) is 11.5 Å². The topological polar surface area (TPSA) is 93.8 Å². The molecule has 6 nitrogen and oxygen atoms in total. The van der Waals surface area contributed by atoms with Crippen molar-refractivity contribution >= 4 is 17.5 Å². The van der Waals surface area contributed by atoms with Crippen molar-refractivity contribution in [3.05, 3.63) is 81.9 Å². The van der Waals surface area contributed by atoms with E-state index < -0.39 is 57.6 Å². The quantitative estimate of drug-likeness (QED) is 0.212. The number of nitrogens with two attached hydrogens (primary N) is 1. The van der Waals surface area contributed by atoms with Crippen molar-refractivity contribution in [1.29, 1.82) is 0 Å². The SMILES string of the molecule is C[C@H]1c2c(cccc2-c2c(F)c(OC(F)F)c(Cl)c(F)c2C(N)=O)O[C@]1(CNC1CCC(O)CC1)c1ccccc1. The van der Waals surface area contributed by atoms with Crippen molar-refractivity contribution in [2.24, 2.45) is 5.73 Å². The average Bonchev–Trinajstić information content (AvgIpc) is 3.25. The second-order valence-corrected chi connectivity index (χ2v) is 10.8. The molecule has 0 radical (unpaired) electrons. The van der Waals surface area contributed by atoms with Crippen LogP contribution in [0.15, 0.2) is 48.5 Å². The smallest absolute Gasteiger partial charge is 0.387 e. The van der Waals surface area contributed by atoms with Gasteiger partial charge in [0, 0.05) is 29.6 Å². The van der Waals surface area contributed by atoms with Crippen LogP contribution in [0.1, 0.15) is 60.0 Å². The van der Waals surface area contributed by atoms with Gasteiger partial charge in [0.25, 0.3) is 5.91 Å². The molecule has 2 aliphatic rings. The van der Waals surface area contributed by atoms with Crippen LogP contribution in [0.4, 0.5) is 17.6 Å². The summed E-state index contributed by atoms with van der Waals surface area (Å²) in [5, 5.41) is 12.4. The Morgan fingerprint density at radius 1 is 1.12 bits per heavy atom. The van der Waals surface area contributed by atoms with Crippen molar-refractivity contribution < 1.29 is 36.9 Å². The molecule has 1 aliphatic heterocycles. The van der Waals surface area contributed by atoms with Crippen LogP contribution < -0.4 is 20.5 Å². The molecule has 41 heavy (non-hydrogen) atoms. The number of nitrogens with one attached hydrogen (secondary N) is 1. The predicted molar refractivity (Wildman–Crippen MR) is 145 cm³/mol. The lowest BCUT2D eigenvalue weighted by Gasteiger charge is -2.37. The Balaban J connectivity index is 1.65. The van der Waals surface area contributed by atoms with E-state index in [4.69, 9.17) is 22.1 Å². The first-order valence-electron chi connectivity index (χ1n) is 13.3. The highest BCUT2D eigenvalue weighted by Gasteiger charge is 2.49. The minimum absolute atomic E-state index is 0.0366. The van der Waals surface area contributed by atoms with Gasteiger partial charge in [-0.3, -0.25) is 4.79 Å². The van der Waals surface area contributed by atoms with Gasteiger partial charge in [-0.1, -0.05) is 61.0 Å². The molecule has 5 rings (SSSR count). The molecule has 1 amide bonds. The number of fused-ring (bicyclic) bond motifs is 1. The third-order valence-corrected chi connectivity index (χ3v) is 8.44. The highest BCUT2D eigenvalue weighted by molar-refractivity contribution is 6.33. The third-order valence-electron chi connectivity index (χ3n) is 8.11. The third kappa shape index (κ3) is 5.24. The van der Waals surface area contributed by atoms with Gasteiger partial charge < -0.3 is 25.6 Å². The second-order valence-electron chi connectivity index (χ2n) is 10.4. The number of ether oxygens (including phenoxy) is 2. The van der Waals surface area contributed by atoms with Gasteiger partial charge in [-0.05, 0) is 42.9 Å². The number of benzene rings is 3. The van der Waals surface area contributed by atoms with Crippen LogP contribution in [0.2, 0.25) is 5.02 Å². The number of hydrogen-bond donors (Lipinski definition) is 3. The number of amides is 1. The van der Waals surface area contributed by atoms with Gasteiger partial charge in [0.05, 0.1) is 11.7 Å². The first kappa shape index (κ1) is 29.2. The molecule has 0 spiro atoms. The van der Waals surface area contributed by atoms with Gasteiger partial charge in [-0.25, -0.2) is 8.78 Å². The number of hydrogen-bond acceptors (Lipinski definition) is 5. The first-order valence-corrected chi connectivity index (χ1v) is 13.7. The van der Waals surface area contributed by atoms with E-state index in [9.17, 15) is 18.7 Å². The zero-order valence-electron chi connectivity index (χ0n) is 22.1. The Morgan fingerprint density at radius 2 is 1.80 bits per heavy atom. The van der Waals surface area contributed by atoms with Gasteiger partial charge in [-0.15, -0.1) is 0 Å². The number of primary amides is 1. The Kier molecular flexibility index (Phi) is 8.18. The van der Waals surface area contributed by atoms with E-state index in [1.54, 1.807) is 6.07 Å². The van der Waals surface area contributed by atoms with Gasteiger partial charge in [0.1, 0.15) is 10.8 Å². The highest BCUT2D eigenvalue weighted by atomic mass is 35.5. The minimum atomic E-state index is -3.50. The normalized spacial score (nSPS) is 23.8. The first-order chi connectivity index (χ1) is 19.5. The van der Waals surface area contributed by atoms with Crippen LogP contribution in [0, 0.1) is 11.6 Å². The minimum Gasteiger partial charge on any atom is -0.480 e. The van der Waals surface area contributed by atoms with Crippen molar-refractivity contribution in [3.63, 3.8) is 0 Å². The molecule has 0 aromatic heterocycles. The van der Waals surface area contributed by atoms with Crippen LogP contribution >= 0.6 is 11.6 Å². The molecule has 0 unspecified atom stereocenters. The molecule has 1 saturated carbocycles. The Hall–Kier alpha value is -3.34. The van der Waals surface area contributed by atoms with E-state index in [0.29, 0.717) is 30.7 Å². The van der Waals surface area contributed by atoms with Crippen LogP contribution in [0.3, 0.4) is 0 Å². The Labute approximate surface area is 239 Å². The maximum Gasteiger partial charge on any atom is 0.387 e. The molecule has 4 N–H and O–H groups in total. The van der Waals surface area contributed by atoms with E-state index in [1.165, 1.54) is 12.1 Å². The van der Waals surface area contributed by atoms with Crippen molar-refractivity contribution in [1.82, 2.24) is 5.32 Å². The molecule has 3 aromatic carbocycles. The summed E-state index contributed by atoms with van der Waals surface area (Å²) in [4.78, 5) is 12.4. The van der Waals surface area contributed by atoms with Gasteiger partial charge >= 0.3 is 6.61 Å². The van der Waals surface area contributed by atoms with E-state index in [2.05, 4.69) is 10.1 Å². The van der Waals surface area contributed by atoms with Crippen molar-refractivity contribution in [2.75, 3.05) is 6.54 Å². The molecule has 2 atom stereocenters. The lowest BCUT2D eigenvalue weighted by molar-refractivity contribution is -0.0522. The van der Waals surface area contributed by atoms with E-state index in [1.807, 2.05) is 37.3 Å². The summed E-state index contributed by atoms with van der Waals surface area (Å²) < 4.78 is 68.4. The maximum absolute atomic E-state index is 15.9. The standard InChI is InChI=1S/C30H29ClF4N2O4/c1-15-21-19(22-23(28(36)39)25(32)24(31)27(26(22)33)40-29(34)35)8-5-9-20(21)41-30(15,16-6-3-2-4-7-16)14-37-17-10-12-18(38)13-11-17/h2-9,15,17-18,29,37-38H,10-14H2,1H3,(H2,36,39)/t15-,17?,18?,30-/m0/s1. The lowest BCUT2D eigenvalue weighted by Crippen LogP contribution is -2.48. The number of alkyl halides is 2. The fourth-order valence-electron chi connectivity index (χ4n) is 6.03. The number of carbonyl (C=O) groups is 1. The number of aliphatic hydroxyl groups is 1. The summed E-state index contributed by atoms with van der Waals surface area (Å²) >= 11 is 5.82.